The first-order chi connectivity index (χ1) is 15.0. The summed E-state index contributed by atoms with van der Waals surface area (Å²) in [5, 5.41) is 6.10. The number of carbonyl (C=O) groups excluding carboxylic acids is 2. The number of pyridine rings is 1. The lowest BCUT2D eigenvalue weighted by Gasteiger charge is -2.23. The molecule has 8 nitrogen and oxygen atoms in total. The lowest BCUT2D eigenvalue weighted by atomic mass is 10.1. The zero-order valence-electron chi connectivity index (χ0n) is 18.1. The maximum Gasteiger partial charge on any atom is 0.258 e. The molecule has 1 aliphatic heterocycles. The maximum atomic E-state index is 13.3. The Morgan fingerprint density at radius 2 is 2.03 bits per heavy atom. The summed E-state index contributed by atoms with van der Waals surface area (Å²) in [4.78, 5) is 31.6. The van der Waals surface area contributed by atoms with Gasteiger partial charge in [-0.2, -0.15) is 0 Å². The maximum absolute atomic E-state index is 13.3. The van der Waals surface area contributed by atoms with Gasteiger partial charge in [0.15, 0.2) is 0 Å². The van der Waals surface area contributed by atoms with Gasteiger partial charge in [0.25, 0.3) is 5.91 Å². The molecule has 0 saturated heterocycles. The van der Waals surface area contributed by atoms with Gasteiger partial charge in [-0.3, -0.25) is 9.59 Å². The van der Waals surface area contributed by atoms with Crippen LogP contribution in [0.2, 0.25) is 0 Å². The first kappa shape index (κ1) is 22.6. The molecule has 0 bridgehead atoms. The number of benzene rings is 1. The van der Waals surface area contributed by atoms with Gasteiger partial charge in [-0.1, -0.05) is 26.0 Å². The van der Waals surface area contributed by atoms with E-state index in [1.54, 1.807) is 18.3 Å². The molecular formula is C23H30N4O4. The molecule has 0 fully saturated rings. The fourth-order valence-electron chi connectivity index (χ4n) is 3.14. The third-order valence-electron chi connectivity index (χ3n) is 4.83. The summed E-state index contributed by atoms with van der Waals surface area (Å²) >= 11 is 0. The largest absolute Gasteiger partial charge is 0.489 e. The zero-order chi connectivity index (χ0) is 22.1. The Kier molecular flexibility index (Phi) is 8.23. The normalized spacial score (nSPS) is 14.8. The van der Waals surface area contributed by atoms with E-state index in [-0.39, 0.29) is 24.9 Å². The quantitative estimate of drug-likeness (QED) is 0.764. The van der Waals surface area contributed by atoms with Crippen LogP contribution in [0.5, 0.6) is 5.75 Å². The van der Waals surface area contributed by atoms with Crippen molar-refractivity contribution < 1.29 is 19.1 Å². The number of hydrogen-bond acceptors (Lipinski definition) is 6. The topological polar surface area (TPSA) is 92.8 Å². The van der Waals surface area contributed by atoms with E-state index in [1.807, 2.05) is 24.3 Å². The minimum atomic E-state index is -0.282. The monoisotopic (exact) mass is 426 g/mol. The number of anilines is 2. The van der Waals surface area contributed by atoms with E-state index in [9.17, 15) is 9.59 Å². The van der Waals surface area contributed by atoms with Crippen molar-refractivity contribution in [2.45, 2.75) is 20.3 Å². The van der Waals surface area contributed by atoms with Crippen LogP contribution < -0.4 is 15.4 Å². The summed E-state index contributed by atoms with van der Waals surface area (Å²) in [6, 6.07) is 10.9. The third kappa shape index (κ3) is 6.68. The molecule has 3 rings (SSSR count). The van der Waals surface area contributed by atoms with Crippen LogP contribution in [0.1, 0.15) is 30.6 Å². The van der Waals surface area contributed by atoms with Crippen LogP contribution in [0.4, 0.5) is 11.5 Å². The molecule has 2 heterocycles. The van der Waals surface area contributed by atoms with Crippen molar-refractivity contribution in [3.05, 3.63) is 48.2 Å². The van der Waals surface area contributed by atoms with Gasteiger partial charge in [0.05, 0.1) is 31.0 Å². The number of hydrogen-bond donors (Lipinski definition) is 2. The third-order valence-corrected chi connectivity index (χ3v) is 4.83. The summed E-state index contributed by atoms with van der Waals surface area (Å²) < 4.78 is 11.5. The number of carbonyl (C=O) groups is 2. The Labute approximate surface area is 182 Å². The average Bonchev–Trinajstić information content (AvgIpc) is 2.76. The number of rotatable bonds is 5. The summed E-state index contributed by atoms with van der Waals surface area (Å²) in [7, 11) is 0. The van der Waals surface area contributed by atoms with Gasteiger partial charge < -0.3 is 25.0 Å². The standard InChI is InChI=1S/C23H30N4O4/c1-17(2)9-11-24-21(28)16-27-12-13-30-14-15-31-20-8-4-3-7-19(20)26-22-18(23(27)29)6-5-10-25-22/h3-8,10,17H,9,11-16H2,1-2H3,(H,24,28)(H,25,26). The predicted octanol–water partition coefficient (Wildman–Crippen LogP) is 2.84. The molecule has 8 heteroatoms. The van der Waals surface area contributed by atoms with Gasteiger partial charge in [-0.05, 0) is 36.6 Å². The molecule has 2 N–H and O–H groups in total. The molecule has 0 unspecified atom stereocenters. The van der Waals surface area contributed by atoms with Crippen LogP contribution in [0.15, 0.2) is 42.6 Å². The lowest BCUT2D eigenvalue weighted by molar-refractivity contribution is -0.121. The number of amides is 2. The van der Waals surface area contributed by atoms with Gasteiger partial charge in [0.2, 0.25) is 5.91 Å². The SMILES string of the molecule is CC(C)CCNC(=O)CN1CCOCCOc2ccccc2Nc2ncccc2C1=O. The molecular weight excluding hydrogens is 396 g/mol. The van der Waals surface area contributed by atoms with Crippen molar-refractivity contribution in [3.63, 3.8) is 0 Å². The van der Waals surface area contributed by atoms with E-state index in [4.69, 9.17) is 9.47 Å². The minimum Gasteiger partial charge on any atom is -0.489 e. The van der Waals surface area contributed by atoms with Gasteiger partial charge in [-0.15, -0.1) is 0 Å². The highest BCUT2D eigenvalue weighted by molar-refractivity contribution is 6.01. The van der Waals surface area contributed by atoms with Crippen LogP contribution in [0, 0.1) is 5.92 Å². The van der Waals surface area contributed by atoms with E-state index >= 15 is 0 Å². The van der Waals surface area contributed by atoms with E-state index in [2.05, 4.69) is 29.5 Å². The molecule has 2 aromatic rings. The van der Waals surface area contributed by atoms with Crippen LogP contribution in [-0.2, 0) is 9.53 Å². The first-order valence-corrected chi connectivity index (χ1v) is 10.6. The molecule has 166 valence electrons. The van der Waals surface area contributed by atoms with Crippen molar-refractivity contribution in [1.29, 1.82) is 0 Å². The van der Waals surface area contributed by atoms with E-state index in [0.29, 0.717) is 55.1 Å². The Balaban J connectivity index is 1.82. The molecule has 0 atom stereocenters. The van der Waals surface area contributed by atoms with Crippen molar-refractivity contribution in [2.75, 3.05) is 44.8 Å². The Morgan fingerprint density at radius 1 is 1.19 bits per heavy atom. The van der Waals surface area contributed by atoms with Crippen molar-refractivity contribution in [2.24, 2.45) is 5.92 Å². The summed E-state index contributed by atoms with van der Waals surface area (Å²) in [6.07, 6.45) is 2.51. The number of aromatic nitrogens is 1. The number of fused-ring (bicyclic) bond motifs is 2. The van der Waals surface area contributed by atoms with Gasteiger partial charge in [0, 0.05) is 19.3 Å². The van der Waals surface area contributed by atoms with Gasteiger partial charge >= 0.3 is 0 Å². The number of nitrogens with one attached hydrogen (secondary N) is 2. The molecule has 0 saturated carbocycles. The lowest BCUT2D eigenvalue weighted by Crippen LogP contribution is -2.43. The molecule has 1 aromatic carbocycles. The number of nitrogens with zero attached hydrogens (tertiary/aromatic N) is 2. The molecule has 1 aliphatic rings. The Hall–Kier alpha value is -3.13. The second kappa shape index (κ2) is 11.3. The Morgan fingerprint density at radius 3 is 2.87 bits per heavy atom. The van der Waals surface area contributed by atoms with Crippen molar-refractivity contribution >= 4 is 23.3 Å². The molecule has 31 heavy (non-hydrogen) atoms. The molecule has 0 aliphatic carbocycles. The second-order valence-corrected chi connectivity index (χ2v) is 7.74. The number of ether oxygens (including phenoxy) is 2. The highest BCUT2D eigenvalue weighted by Gasteiger charge is 2.23. The second-order valence-electron chi connectivity index (χ2n) is 7.74. The zero-order valence-corrected chi connectivity index (χ0v) is 18.1. The molecule has 2 amide bonds. The predicted molar refractivity (Wildman–Crippen MR) is 119 cm³/mol. The van der Waals surface area contributed by atoms with Gasteiger partial charge in [0.1, 0.15) is 18.2 Å². The van der Waals surface area contributed by atoms with Crippen molar-refractivity contribution in [1.82, 2.24) is 15.2 Å². The highest BCUT2D eigenvalue weighted by atomic mass is 16.5. The first-order valence-electron chi connectivity index (χ1n) is 10.6. The van der Waals surface area contributed by atoms with Crippen LogP contribution in [-0.4, -0.2) is 61.2 Å². The fourth-order valence-corrected chi connectivity index (χ4v) is 3.14. The summed E-state index contributed by atoms with van der Waals surface area (Å²) in [6.45, 7) is 6.09. The van der Waals surface area contributed by atoms with E-state index in [1.165, 1.54) is 4.90 Å². The smallest absolute Gasteiger partial charge is 0.258 e. The van der Waals surface area contributed by atoms with Gasteiger partial charge in [-0.25, -0.2) is 4.98 Å². The molecule has 0 radical (unpaired) electrons. The van der Waals surface area contributed by atoms with Crippen LogP contribution in [0.3, 0.4) is 0 Å². The average molecular weight is 427 g/mol. The Bertz CT molecular complexity index is 887. The van der Waals surface area contributed by atoms with Crippen LogP contribution in [0.25, 0.3) is 0 Å². The van der Waals surface area contributed by atoms with Crippen molar-refractivity contribution in [3.8, 4) is 5.75 Å². The minimum absolute atomic E-state index is 0.0400. The van der Waals surface area contributed by atoms with Crippen LogP contribution >= 0.6 is 0 Å². The molecule has 0 spiro atoms. The highest BCUT2D eigenvalue weighted by Crippen LogP contribution is 2.28. The van der Waals surface area contributed by atoms with E-state index < -0.39 is 0 Å². The number of para-hydroxylation sites is 2. The summed E-state index contributed by atoms with van der Waals surface area (Å²) in [5.41, 5.74) is 1.08. The summed E-state index contributed by atoms with van der Waals surface area (Å²) in [5.74, 6) is 1.08. The molecule has 1 aromatic heterocycles. The fraction of sp³-hybridized carbons (Fsp3) is 0.435. The van der Waals surface area contributed by atoms with E-state index in [0.717, 1.165) is 6.42 Å².